The summed E-state index contributed by atoms with van der Waals surface area (Å²) in [4.78, 5) is 2.78. The number of rotatable bonds is 3. The smallest absolute Gasteiger partial charge is 0.0218 e. The highest BCUT2D eigenvalue weighted by Gasteiger charge is 2.40. The molecule has 1 saturated heterocycles. The molecule has 3 aliphatic rings. The van der Waals surface area contributed by atoms with Gasteiger partial charge >= 0.3 is 0 Å². The maximum Gasteiger partial charge on any atom is 0.0218 e. The van der Waals surface area contributed by atoms with Gasteiger partial charge in [0.15, 0.2) is 0 Å². The monoisotopic (exact) mass is 222 g/mol. The van der Waals surface area contributed by atoms with Crippen molar-refractivity contribution >= 4 is 0 Å². The van der Waals surface area contributed by atoms with E-state index in [2.05, 4.69) is 17.1 Å². The van der Waals surface area contributed by atoms with E-state index < -0.39 is 0 Å². The second-order valence-corrected chi connectivity index (χ2v) is 6.20. The van der Waals surface area contributed by atoms with Crippen LogP contribution >= 0.6 is 0 Å². The van der Waals surface area contributed by atoms with Crippen LogP contribution < -0.4 is 5.32 Å². The Kier molecular flexibility index (Phi) is 3.21. The molecule has 92 valence electrons. The number of hydrogen-bond acceptors (Lipinski definition) is 2. The van der Waals surface area contributed by atoms with Crippen molar-refractivity contribution < 1.29 is 0 Å². The summed E-state index contributed by atoms with van der Waals surface area (Å²) in [5.41, 5.74) is 0. The van der Waals surface area contributed by atoms with E-state index in [1.165, 1.54) is 39.0 Å². The molecule has 16 heavy (non-hydrogen) atoms. The maximum atomic E-state index is 3.53. The molecule has 3 fully saturated rings. The topological polar surface area (TPSA) is 15.3 Å². The Morgan fingerprint density at radius 2 is 2.19 bits per heavy atom. The first-order chi connectivity index (χ1) is 7.86. The van der Waals surface area contributed by atoms with Gasteiger partial charge in [0.1, 0.15) is 0 Å². The number of nitrogens with one attached hydrogen (secondary N) is 1. The second-order valence-electron chi connectivity index (χ2n) is 6.20. The highest BCUT2D eigenvalue weighted by Crippen LogP contribution is 2.48. The molecule has 1 heterocycles. The van der Waals surface area contributed by atoms with Gasteiger partial charge in [-0.15, -0.1) is 0 Å². The minimum atomic E-state index is 0.813. The number of hydrogen-bond donors (Lipinski definition) is 1. The molecule has 0 radical (unpaired) electrons. The van der Waals surface area contributed by atoms with Crippen molar-refractivity contribution in [3.8, 4) is 0 Å². The van der Waals surface area contributed by atoms with Crippen molar-refractivity contribution in [2.45, 2.75) is 45.1 Å². The lowest BCUT2D eigenvalue weighted by Crippen LogP contribution is -2.52. The fourth-order valence-electron chi connectivity index (χ4n) is 4.35. The highest BCUT2D eigenvalue weighted by molar-refractivity contribution is 4.92. The Hall–Kier alpha value is -0.0800. The molecule has 0 aromatic heterocycles. The summed E-state index contributed by atoms with van der Waals surface area (Å²) >= 11 is 0. The summed E-state index contributed by atoms with van der Waals surface area (Å²) in [7, 11) is 0. The zero-order valence-electron chi connectivity index (χ0n) is 10.6. The van der Waals surface area contributed by atoms with Gasteiger partial charge in [-0.2, -0.15) is 0 Å². The van der Waals surface area contributed by atoms with Gasteiger partial charge < -0.3 is 5.32 Å². The van der Waals surface area contributed by atoms with E-state index in [-0.39, 0.29) is 0 Å². The average molecular weight is 222 g/mol. The first-order valence-corrected chi connectivity index (χ1v) is 7.31. The fourth-order valence-corrected chi connectivity index (χ4v) is 4.35. The van der Waals surface area contributed by atoms with Crippen molar-refractivity contribution in [3.63, 3.8) is 0 Å². The van der Waals surface area contributed by atoms with Crippen LogP contribution in [0.25, 0.3) is 0 Å². The molecule has 2 nitrogen and oxygen atoms in total. The molecule has 3 rings (SSSR count). The van der Waals surface area contributed by atoms with Crippen molar-refractivity contribution in [2.75, 3.05) is 26.2 Å². The molecule has 4 atom stereocenters. The van der Waals surface area contributed by atoms with E-state index in [0.717, 1.165) is 23.8 Å². The number of fused-ring (bicyclic) bond motifs is 2. The van der Waals surface area contributed by atoms with E-state index in [1.54, 1.807) is 19.3 Å². The molecular formula is C14H26N2. The summed E-state index contributed by atoms with van der Waals surface area (Å²) in [6, 6.07) is 0.813. The Morgan fingerprint density at radius 3 is 2.88 bits per heavy atom. The molecule has 0 aromatic carbocycles. The zero-order chi connectivity index (χ0) is 11.0. The molecule has 2 bridgehead atoms. The lowest BCUT2D eigenvalue weighted by molar-refractivity contribution is 0.115. The lowest BCUT2D eigenvalue weighted by atomic mass is 9.88. The summed E-state index contributed by atoms with van der Waals surface area (Å²) in [5.74, 6) is 3.25. The van der Waals surface area contributed by atoms with Crippen LogP contribution in [0.15, 0.2) is 0 Å². The SMILES string of the molecule is CCC1CNCCN1CC1CC2CCC1C2. The number of nitrogens with zero attached hydrogens (tertiary/aromatic N) is 1. The molecule has 0 spiro atoms. The molecule has 2 aliphatic carbocycles. The zero-order valence-corrected chi connectivity index (χ0v) is 10.6. The second kappa shape index (κ2) is 4.66. The van der Waals surface area contributed by atoms with E-state index in [1.807, 2.05) is 0 Å². The predicted octanol–water partition coefficient (Wildman–Crippen LogP) is 2.11. The van der Waals surface area contributed by atoms with Crippen molar-refractivity contribution in [2.24, 2.45) is 17.8 Å². The maximum absolute atomic E-state index is 3.53. The normalized spacial score (nSPS) is 44.1. The quantitative estimate of drug-likeness (QED) is 0.787. The van der Waals surface area contributed by atoms with Crippen LogP contribution in [0.3, 0.4) is 0 Å². The predicted molar refractivity (Wildman–Crippen MR) is 67.5 cm³/mol. The minimum absolute atomic E-state index is 0.813. The van der Waals surface area contributed by atoms with E-state index in [9.17, 15) is 0 Å². The standard InChI is InChI=1S/C14H26N2/c1-2-14-9-15-5-6-16(14)10-13-8-11-3-4-12(13)7-11/h11-15H,2-10H2,1H3. The van der Waals surface area contributed by atoms with Crippen LogP contribution in [-0.4, -0.2) is 37.1 Å². The van der Waals surface area contributed by atoms with Crippen LogP contribution in [0, 0.1) is 17.8 Å². The van der Waals surface area contributed by atoms with Gasteiger partial charge in [0.05, 0.1) is 0 Å². The minimum Gasteiger partial charge on any atom is -0.314 e. The van der Waals surface area contributed by atoms with Crippen LogP contribution in [0.5, 0.6) is 0 Å². The Bertz CT molecular complexity index is 241. The summed E-state index contributed by atoms with van der Waals surface area (Å²) in [6.07, 6.45) is 7.50. The molecule has 1 N–H and O–H groups in total. The Labute approximate surface area is 99.8 Å². The molecule has 0 amide bonds. The van der Waals surface area contributed by atoms with Gasteiger partial charge in [0, 0.05) is 32.2 Å². The van der Waals surface area contributed by atoms with Gasteiger partial charge in [-0.3, -0.25) is 4.90 Å². The van der Waals surface area contributed by atoms with E-state index in [4.69, 9.17) is 0 Å². The van der Waals surface area contributed by atoms with Gasteiger partial charge in [-0.05, 0) is 43.4 Å². The van der Waals surface area contributed by atoms with Crippen LogP contribution in [0.1, 0.15) is 39.0 Å². The third-order valence-electron chi connectivity index (χ3n) is 5.30. The van der Waals surface area contributed by atoms with E-state index >= 15 is 0 Å². The average Bonchev–Trinajstić information content (AvgIpc) is 2.92. The Morgan fingerprint density at radius 1 is 1.25 bits per heavy atom. The van der Waals surface area contributed by atoms with Crippen molar-refractivity contribution in [1.82, 2.24) is 10.2 Å². The van der Waals surface area contributed by atoms with Gasteiger partial charge in [-0.1, -0.05) is 13.3 Å². The highest BCUT2D eigenvalue weighted by atomic mass is 15.2. The molecular weight excluding hydrogens is 196 g/mol. The van der Waals surface area contributed by atoms with Gasteiger partial charge in [0.2, 0.25) is 0 Å². The van der Waals surface area contributed by atoms with Crippen molar-refractivity contribution in [1.29, 1.82) is 0 Å². The summed E-state index contributed by atoms with van der Waals surface area (Å²) in [6.45, 7) is 7.45. The summed E-state index contributed by atoms with van der Waals surface area (Å²) in [5, 5.41) is 3.53. The van der Waals surface area contributed by atoms with Crippen LogP contribution in [0.2, 0.25) is 0 Å². The van der Waals surface area contributed by atoms with Gasteiger partial charge in [-0.25, -0.2) is 0 Å². The largest absolute Gasteiger partial charge is 0.314 e. The van der Waals surface area contributed by atoms with Crippen LogP contribution in [0.4, 0.5) is 0 Å². The third-order valence-corrected chi connectivity index (χ3v) is 5.30. The van der Waals surface area contributed by atoms with Crippen LogP contribution in [-0.2, 0) is 0 Å². The lowest BCUT2D eigenvalue weighted by Gasteiger charge is -2.38. The van der Waals surface area contributed by atoms with Crippen molar-refractivity contribution in [3.05, 3.63) is 0 Å². The molecule has 2 heteroatoms. The first-order valence-electron chi connectivity index (χ1n) is 7.31. The fraction of sp³-hybridized carbons (Fsp3) is 1.00. The van der Waals surface area contributed by atoms with E-state index in [0.29, 0.717) is 0 Å². The molecule has 2 saturated carbocycles. The number of piperazine rings is 1. The summed E-state index contributed by atoms with van der Waals surface area (Å²) < 4.78 is 0. The molecule has 4 unspecified atom stereocenters. The third kappa shape index (κ3) is 2.02. The first kappa shape index (κ1) is 11.0. The molecule has 1 aliphatic heterocycles. The Balaban J connectivity index is 1.56. The van der Waals surface area contributed by atoms with Gasteiger partial charge in [0.25, 0.3) is 0 Å². The molecule has 0 aromatic rings.